The van der Waals surface area contributed by atoms with Crippen molar-refractivity contribution in [2.75, 3.05) is 47.1 Å². The fourth-order valence-electron chi connectivity index (χ4n) is 7.34. The number of anilines is 4. The molecule has 1 aromatic carbocycles. The molecule has 0 radical (unpaired) electrons. The van der Waals surface area contributed by atoms with E-state index in [-0.39, 0.29) is 5.91 Å². The second-order valence-corrected chi connectivity index (χ2v) is 12.9. The highest BCUT2D eigenvalue weighted by Gasteiger charge is 2.42. The number of nitrogens with one attached hydrogen (secondary N) is 3. The molecule has 1 unspecified atom stereocenters. The first kappa shape index (κ1) is 30.9. The van der Waals surface area contributed by atoms with Gasteiger partial charge in [-0.15, -0.1) is 0 Å². The maximum absolute atomic E-state index is 13.3. The standard InChI is InChI=1S/C33H42ClN9O2/c1-3-24-14-22-8-9-25(15-22)28(24)17-31(45)41-10-12-42(13-11-41)43-21-27(19-37-43)39-33-36-20-29(34)32(40-33)35-18-23-6-5-7-26(16-23)38-30(44)4-2/h4-7,16,19-22,24-25,28H,2-3,8-15,17-18H2,1H3,(H,38,44)(H2,35,36,39,40)/t22-,24+,25-,28?/m1/s1. The minimum absolute atomic E-state index is 0.267. The van der Waals surface area contributed by atoms with Gasteiger partial charge in [0.2, 0.25) is 17.8 Å². The maximum atomic E-state index is 13.3. The lowest BCUT2D eigenvalue weighted by Crippen LogP contribution is -2.53. The van der Waals surface area contributed by atoms with Crippen LogP contribution in [-0.4, -0.2) is 62.8 Å². The zero-order valence-electron chi connectivity index (χ0n) is 25.8. The molecule has 238 valence electrons. The Hall–Kier alpha value is -4.12. The monoisotopic (exact) mass is 631 g/mol. The summed E-state index contributed by atoms with van der Waals surface area (Å²) in [5.41, 5.74) is 2.36. The maximum Gasteiger partial charge on any atom is 0.247 e. The Morgan fingerprint density at radius 3 is 2.76 bits per heavy atom. The van der Waals surface area contributed by atoms with Crippen molar-refractivity contribution in [3.63, 3.8) is 0 Å². The Kier molecular flexibility index (Phi) is 9.53. The Labute approximate surface area is 269 Å². The molecular formula is C33H42ClN9O2. The number of carbonyl (C=O) groups is 2. The lowest BCUT2D eigenvalue weighted by atomic mass is 9.69. The van der Waals surface area contributed by atoms with Gasteiger partial charge in [0.25, 0.3) is 0 Å². The summed E-state index contributed by atoms with van der Waals surface area (Å²) in [6, 6.07) is 7.49. The van der Waals surface area contributed by atoms with E-state index in [1.807, 2.05) is 35.3 Å². The Morgan fingerprint density at radius 2 is 1.96 bits per heavy atom. The number of piperazine rings is 1. The van der Waals surface area contributed by atoms with Gasteiger partial charge in [-0.2, -0.15) is 14.9 Å². The van der Waals surface area contributed by atoms with Crippen LogP contribution in [0.4, 0.5) is 23.1 Å². The summed E-state index contributed by atoms with van der Waals surface area (Å²) in [5.74, 6) is 3.84. The van der Waals surface area contributed by atoms with Crippen molar-refractivity contribution < 1.29 is 9.59 Å². The molecule has 2 aromatic heterocycles. The summed E-state index contributed by atoms with van der Waals surface area (Å²) >= 11 is 6.37. The number of fused-ring (bicyclic) bond motifs is 2. The number of hydrogen-bond acceptors (Lipinski definition) is 8. The topological polar surface area (TPSA) is 120 Å². The predicted octanol–water partition coefficient (Wildman–Crippen LogP) is 5.44. The molecule has 3 heterocycles. The SMILES string of the molecule is C=CC(=O)Nc1cccc(CNc2nc(Nc3cnn(N4CCN(C(=O)CC5[C@@H]6CC[C@@H](C6)C[C@@H]5CC)CC4)c3)ncc2Cl)c1. The predicted molar refractivity (Wildman–Crippen MR) is 177 cm³/mol. The molecule has 3 fully saturated rings. The molecule has 11 nitrogen and oxygen atoms in total. The van der Waals surface area contributed by atoms with Gasteiger partial charge in [0.05, 0.1) is 37.4 Å². The number of benzene rings is 1. The van der Waals surface area contributed by atoms with E-state index in [9.17, 15) is 9.59 Å². The van der Waals surface area contributed by atoms with E-state index in [2.05, 4.69) is 54.4 Å². The average Bonchev–Trinajstić information content (AvgIpc) is 3.69. The number of hydrogen-bond donors (Lipinski definition) is 3. The molecule has 2 amide bonds. The van der Waals surface area contributed by atoms with Gasteiger partial charge in [-0.05, 0) is 66.7 Å². The van der Waals surface area contributed by atoms with Crippen molar-refractivity contribution in [2.45, 2.75) is 52.0 Å². The molecule has 2 saturated carbocycles. The highest BCUT2D eigenvalue weighted by atomic mass is 35.5. The van der Waals surface area contributed by atoms with E-state index < -0.39 is 0 Å². The zero-order chi connectivity index (χ0) is 31.3. The number of amides is 2. The van der Waals surface area contributed by atoms with Crippen molar-refractivity contribution in [1.82, 2.24) is 24.8 Å². The van der Waals surface area contributed by atoms with E-state index in [0.29, 0.717) is 66.3 Å². The van der Waals surface area contributed by atoms with Crippen LogP contribution >= 0.6 is 11.6 Å². The van der Waals surface area contributed by atoms with Crippen molar-refractivity contribution in [1.29, 1.82) is 0 Å². The van der Waals surface area contributed by atoms with E-state index in [1.54, 1.807) is 12.4 Å². The van der Waals surface area contributed by atoms with Gasteiger partial charge in [-0.25, -0.2) is 4.98 Å². The lowest BCUT2D eigenvalue weighted by Gasteiger charge is -2.39. The molecule has 2 aliphatic carbocycles. The molecule has 2 bridgehead atoms. The van der Waals surface area contributed by atoms with Gasteiger partial charge in [0, 0.05) is 31.7 Å². The molecule has 3 aromatic rings. The molecule has 3 aliphatic rings. The number of halogens is 1. The summed E-state index contributed by atoms with van der Waals surface area (Å²) in [6.45, 7) is 9.09. The Balaban J connectivity index is 1.00. The fourth-order valence-corrected chi connectivity index (χ4v) is 7.50. The summed E-state index contributed by atoms with van der Waals surface area (Å²) in [4.78, 5) is 37.7. The van der Waals surface area contributed by atoms with Gasteiger partial charge in [0.15, 0.2) is 5.82 Å². The van der Waals surface area contributed by atoms with Crippen molar-refractivity contribution >= 4 is 46.6 Å². The molecule has 45 heavy (non-hydrogen) atoms. The fraction of sp³-hybridized carbons (Fsp3) is 0.485. The Bertz CT molecular complexity index is 1520. The minimum atomic E-state index is -0.267. The van der Waals surface area contributed by atoms with Gasteiger partial charge in [-0.3, -0.25) is 14.6 Å². The van der Waals surface area contributed by atoms with Crippen LogP contribution in [0.15, 0.2) is 55.5 Å². The normalized spacial score (nSPS) is 22.6. The van der Waals surface area contributed by atoms with E-state index in [0.717, 1.165) is 36.2 Å². The molecule has 1 aliphatic heterocycles. The van der Waals surface area contributed by atoms with Crippen LogP contribution in [0.5, 0.6) is 0 Å². The number of rotatable bonds is 11. The van der Waals surface area contributed by atoms with Crippen LogP contribution in [0.3, 0.4) is 0 Å². The molecular weight excluding hydrogens is 590 g/mol. The first-order chi connectivity index (χ1) is 21.9. The van der Waals surface area contributed by atoms with Crippen LogP contribution in [-0.2, 0) is 16.1 Å². The second-order valence-electron chi connectivity index (χ2n) is 12.5. The molecule has 0 spiro atoms. The third-order valence-corrected chi connectivity index (χ3v) is 9.95. The van der Waals surface area contributed by atoms with Crippen molar-refractivity contribution in [3.05, 3.63) is 66.1 Å². The highest BCUT2D eigenvalue weighted by Crippen LogP contribution is 2.50. The average molecular weight is 632 g/mol. The minimum Gasteiger partial charge on any atom is -0.365 e. The summed E-state index contributed by atoms with van der Waals surface area (Å²) in [7, 11) is 0. The molecule has 6 rings (SSSR count). The lowest BCUT2D eigenvalue weighted by molar-refractivity contribution is -0.134. The summed E-state index contributed by atoms with van der Waals surface area (Å²) < 4.78 is 0. The van der Waals surface area contributed by atoms with E-state index in [1.165, 1.54) is 38.2 Å². The third kappa shape index (κ3) is 7.41. The smallest absolute Gasteiger partial charge is 0.247 e. The summed E-state index contributed by atoms with van der Waals surface area (Å²) in [6.07, 6.45) is 13.6. The summed E-state index contributed by atoms with van der Waals surface area (Å²) in [5, 5.41) is 16.3. The molecule has 12 heteroatoms. The van der Waals surface area contributed by atoms with E-state index in [4.69, 9.17) is 11.6 Å². The number of nitrogens with zero attached hydrogens (tertiary/aromatic N) is 6. The first-order valence-corrected chi connectivity index (χ1v) is 16.4. The highest BCUT2D eigenvalue weighted by molar-refractivity contribution is 6.32. The van der Waals surface area contributed by atoms with Crippen LogP contribution in [0.1, 0.15) is 51.0 Å². The quantitative estimate of drug-likeness (QED) is 0.239. The van der Waals surface area contributed by atoms with Gasteiger partial charge in [0.1, 0.15) is 5.02 Å². The van der Waals surface area contributed by atoms with Crippen LogP contribution in [0.25, 0.3) is 0 Å². The molecule has 4 atom stereocenters. The van der Waals surface area contributed by atoms with Crippen molar-refractivity contribution in [2.24, 2.45) is 23.7 Å². The number of aromatic nitrogens is 4. The zero-order valence-corrected chi connectivity index (χ0v) is 26.5. The van der Waals surface area contributed by atoms with Crippen LogP contribution in [0.2, 0.25) is 5.02 Å². The van der Waals surface area contributed by atoms with Gasteiger partial charge >= 0.3 is 0 Å². The molecule has 1 saturated heterocycles. The first-order valence-electron chi connectivity index (χ1n) is 16.0. The third-order valence-electron chi connectivity index (χ3n) is 9.67. The van der Waals surface area contributed by atoms with Crippen LogP contribution in [0, 0.1) is 23.7 Å². The largest absolute Gasteiger partial charge is 0.365 e. The second kappa shape index (κ2) is 13.9. The Morgan fingerprint density at radius 1 is 1.11 bits per heavy atom. The van der Waals surface area contributed by atoms with Crippen LogP contribution < -0.4 is 21.0 Å². The number of carbonyl (C=O) groups excluding carboxylic acids is 2. The van der Waals surface area contributed by atoms with E-state index >= 15 is 0 Å². The van der Waals surface area contributed by atoms with Gasteiger partial charge in [-0.1, -0.05) is 50.1 Å². The van der Waals surface area contributed by atoms with Gasteiger partial charge < -0.3 is 20.9 Å². The molecule has 3 N–H and O–H groups in total. The van der Waals surface area contributed by atoms with Crippen molar-refractivity contribution in [3.8, 4) is 0 Å².